The molecule has 1 aliphatic heterocycles. The molecule has 152 valence electrons. The summed E-state index contributed by atoms with van der Waals surface area (Å²) in [6.45, 7) is 2.84. The highest BCUT2D eigenvalue weighted by Gasteiger charge is 2.22. The number of hydrogen-bond donors (Lipinski definition) is 1. The van der Waals surface area contributed by atoms with E-state index in [1.54, 1.807) is 6.07 Å². The van der Waals surface area contributed by atoms with Crippen molar-refractivity contribution < 1.29 is 8.42 Å². The molecule has 0 amide bonds. The van der Waals surface area contributed by atoms with Crippen LogP contribution in [0.1, 0.15) is 30.0 Å². The molecular weight excluding hydrogens is 386 g/mol. The van der Waals surface area contributed by atoms with Crippen molar-refractivity contribution in [3.8, 4) is 5.69 Å². The summed E-state index contributed by atoms with van der Waals surface area (Å²) >= 11 is 0. The number of likely N-dealkylation sites (tertiary alicyclic amines) is 1. The van der Waals surface area contributed by atoms with Crippen LogP contribution in [-0.4, -0.2) is 47.4 Å². The molecule has 0 bridgehead atoms. The third-order valence-electron chi connectivity index (χ3n) is 5.13. The van der Waals surface area contributed by atoms with E-state index in [2.05, 4.69) is 25.9 Å². The molecule has 8 heteroatoms. The fraction of sp³-hybridized carbons (Fsp3) is 0.333. The van der Waals surface area contributed by atoms with Crippen LogP contribution in [0, 0.1) is 0 Å². The number of benzene rings is 1. The van der Waals surface area contributed by atoms with E-state index in [0.717, 1.165) is 50.1 Å². The van der Waals surface area contributed by atoms with E-state index in [1.807, 2.05) is 53.3 Å². The zero-order valence-corrected chi connectivity index (χ0v) is 17.2. The summed E-state index contributed by atoms with van der Waals surface area (Å²) in [5.74, 6) is 0.736. The Kier molecular flexibility index (Phi) is 5.64. The van der Waals surface area contributed by atoms with Gasteiger partial charge in [-0.2, -0.15) is 5.10 Å². The first-order valence-electron chi connectivity index (χ1n) is 9.72. The van der Waals surface area contributed by atoms with Crippen LogP contribution < -0.4 is 4.72 Å². The van der Waals surface area contributed by atoms with Gasteiger partial charge in [0.25, 0.3) is 0 Å². The lowest BCUT2D eigenvalue weighted by Crippen LogP contribution is -2.32. The van der Waals surface area contributed by atoms with Crippen molar-refractivity contribution in [3.63, 3.8) is 0 Å². The smallest absolute Gasteiger partial charge is 0.230 e. The zero-order valence-electron chi connectivity index (χ0n) is 16.4. The number of sulfonamides is 1. The van der Waals surface area contributed by atoms with Crippen LogP contribution in [0.5, 0.6) is 0 Å². The Morgan fingerprint density at radius 1 is 1.07 bits per heavy atom. The third-order valence-corrected chi connectivity index (χ3v) is 5.71. The number of rotatable bonds is 6. The van der Waals surface area contributed by atoms with Crippen LogP contribution >= 0.6 is 0 Å². The van der Waals surface area contributed by atoms with Gasteiger partial charge in [-0.15, -0.1) is 0 Å². The van der Waals surface area contributed by atoms with Crippen LogP contribution in [0.15, 0.2) is 60.9 Å². The summed E-state index contributed by atoms with van der Waals surface area (Å²) in [5.41, 5.74) is 3.21. The fourth-order valence-corrected chi connectivity index (χ4v) is 4.23. The molecule has 3 heterocycles. The van der Waals surface area contributed by atoms with Crippen molar-refractivity contribution in [1.82, 2.24) is 19.7 Å². The Balaban J connectivity index is 1.34. The molecule has 29 heavy (non-hydrogen) atoms. The minimum absolute atomic E-state index is 0.347. The fourth-order valence-electron chi connectivity index (χ4n) is 3.73. The van der Waals surface area contributed by atoms with E-state index in [1.165, 1.54) is 5.56 Å². The van der Waals surface area contributed by atoms with E-state index < -0.39 is 10.0 Å². The van der Waals surface area contributed by atoms with Crippen LogP contribution in [0.25, 0.3) is 5.69 Å². The summed E-state index contributed by atoms with van der Waals surface area (Å²) in [6, 6.07) is 15.6. The summed E-state index contributed by atoms with van der Waals surface area (Å²) < 4.78 is 27.2. The molecule has 2 aromatic heterocycles. The maximum absolute atomic E-state index is 11.4. The number of piperidine rings is 1. The highest BCUT2D eigenvalue weighted by molar-refractivity contribution is 7.92. The average Bonchev–Trinajstić information content (AvgIpc) is 3.17. The summed E-state index contributed by atoms with van der Waals surface area (Å²) in [4.78, 5) is 6.94. The van der Waals surface area contributed by atoms with Crippen LogP contribution in [0.2, 0.25) is 0 Å². The highest BCUT2D eigenvalue weighted by atomic mass is 32.2. The lowest BCUT2D eigenvalue weighted by molar-refractivity contribution is 0.203. The largest absolute Gasteiger partial charge is 0.299 e. The van der Waals surface area contributed by atoms with E-state index in [-0.39, 0.29) is 0 Å². The maximum Gasteiger partial charge on any atom is 0.230 e. The SMILES string of the molecule is CS(=O)(=O)Nc1cccc(C2CCN(Cc3cnn(-c4ccccc4)c3)CC2)n1. The third kappa shape index (κ3) is 5.21. The van der Waals surface area contributed by atoms with Gasteiger partial charge >= 0.3 is 0 Å². The molecule has 0 spiro atoms. The topological polar surface area (TPSA) is 80.1 Å². The average molecular weight is 412 g/mol. The summed E-state index contributed by atoms with van der Waals surface area (Å²) in [5, 5.41) is 4.48. The molecule has 1 aliphatic rings. The number of hydrogen-bond acceptors (Lipinski definition) is 5. The molecule has 0 radical (unpaired) electrons. The molecule has 0 unspecified atom stereocenters. The second-order valence-electron chi connectivity index (χ2n) is 7.50. The first-order chi connectivity index (χ1) is 14.0. The first kappa shape index (κ1) is 19.6. The highest BCUT2D eigenvalue weighted by Crippen LogP contribution is 2.28. The van der Waals surface area contributed by atoms with Crippen LogP contribution in [0.3, 0.4) is 0 Å². The molecule has 4 rings (SSSR count). The number of pyridine rings is 1. The second-order valence-corrected chi connectivity index (χ2v) is 9.25. The Morgan fingerprint density at radius 3 is 2.55 bits per heavy atom. The quantitative estimate of drug-likeness (QED) is 0.674. The van der Waals surface area contributed by atoms with E-state index in [0.29, 0.717) is 11.7 Å². The van der Waals surface area contributed by atoms with Crippen molar-refractivity contribution in [2.24, 2.45) is 0 Å². The maximum atomic E-state index is 11.4. The molecule has 7 nitrogen and oxygen atoms in total. The Bertz CT molecular complexity index is 1060. The molecule has 0 atom stereocenters. The van der Waals surface area contributed by atoms with Crippen molar-refractivity contribution in [1.29, 1.82) is 0 Å². The lowest BCUT2D eigenvalue weighted by atomic mass is 9.93. The molecule has 1 saturated heterocycles. The van der Waals surface area contributed by atoms with Gasteiger partial charge in [0, 0.05) is 29.9 Å². The van der Waals surface area contributed by atoms with Gasteiger partial charge in [0.1, 0.15) is 5.82 Å². The van der Waals surface area contributed by atoms with E-state index in [9.17, 15) is 8.42 Å². The Morgan fingerprint density at radius 2 is 1.83 bits per heavy atom. The first-order valence-corrected chi connectivity index (χ1v) is 11.6. The van der Waals surface area contributed by atoms with Gasteiger partial charge in [-0.3, -0.25) is 9.62 Å². The van der Waals surface area contributed by atoms with Gasteiger partial charge in [-0.1, -0.05) is 24.3 Å². The van der Waals surface area contributed by atoms with Crippen molar-refractivity contribution in [2.75, 3.05) is 24.1 Å². The lowest BCUT2D eigenvalue weighted by Gasteiger charge is -2.31. The molecule has 1 N–H and O–H groups in total. The van der Waals surface area contributed by atoms with Crippen molar-refractivity contribution >= 4 is 15.8 Å². The van der Waals surface area contributed by atoms with Gasteiger partial charge in [0.2, 0.25) is 10.0 Å². The van der Waals surface area contributed by atoms with E-state index in [4.69, 9.17) is 0 Å². The number of para-hydroxylation sites is 1. The molecule has 1 fully saturated rings. The Hall–Kier alpha value is -2.71. The second kappa shape index (κ2) is 8.34. The van der Waals surface area contributed by atoms with Gasteiger partial charge in [0.15, 0.2) is 0 Å². The van der Waals surface area contributed by atoms with Gasteiger partial charge in [-0.05, 0) is 50.2 Å². The van der Waals surface area contributed by atoms with Crippen molar-refractivity contribution in [3.05, 3.63) is 72.2 Å². The van der Waals surface area contributed by atoms with Crippen LogP contribution in [-0.2, 0) is 16.6 Å². The number of nitrogens with zero attached hydrogens (tertiary/aromatic N) is 4. The normalized spacial score (nSPS) is 16.0. The standard InChI is InChI=1S/C21H25N5O2S/c1-29(27,28)24-21-9-5-8-20(23-21)18-10-12-25(13-11-18)15-17-14-22-26(16-17)19-6-3-2-4-7-19/h2-9,14,16,18H,10-13,15H2,1H3,(H,23,24). The summed E-state index contributed by atoms with van der Waals surface area (Å²) in [7, 11) is -3.31. The number of nitrogens with one attached hydrogen (secondary N) is 1. The van der Waals surface area contributed by atoms with Gasteiger partial charge in [-0.25, -0.2) is 18.1 Å². The molecule has 0 aliphatic carbocycles. The predicted octanol–water partition coefficient (Wildman–Crippen LogP) is 3.02. The summed E-state index contributed by atoms with van der Waals surface area (Å²) in [6.07, 6.45) is 7.16. The number of anilines is 1. The molecule has 1 aromatic carbocycles. The zero-order chi connectivity index (χ0) is 20.3. The van der Waals surface area contributed by atoms with Gasteiger partial charge in [0.05, 0.1) is 18.1 Å². The minimum Gasteiger partial charge on any atom is -0.299 e. The van der Waals surface area contributed by atoms with Crippen molar-refractivity contribution in [2.45, 2.75) is 25.3 Å². The predicted molar refractivity (Wildman–Crippen MR) is 114 cm³/mol. The van der Waals surface area contributed by atoms with Crippen LogP contribution in [0.4, 0.5) is 5.82 Å². The monoisotopic (exact) mass is 411 g/mol. The van der Waals surface area contributed by atoms with Gasteiger partial charge < -0.3 is 0 Å². The molecule has 3 aromatic rings. The van der Waals surface area contributed by atoms with E-state index >= 15 is 0 Å². The Labute approximate surface area is 171 Å². The molecular formula is C21H25N5O2S. The number of aromatic nitrogens is 3. The molecule has 0 saturated carbocycles. The minimum atomic E-state index is -3.31.